The van der Waals surface area contributed by atoms with Crippen molar-refractivity contribution in [3.05, 3.63) is 65.0 Å². The number of thiophene rings is 1. The van der Waals surface area contributed by atoms with Gasteiger partial charge in [-0.25, -0.2) is 4.98 Å². The Bertz CT molecular complexity index is 1150. The van der Waals surface area contributed by atoms with Crippen LogP contribution in [-0.4, -0.2) is 29.6 Å². The summed E-state index contributed by atoms with van der Waals surface area (Å²) >= 11 is 3.13. The standard InChI is InChI=1S/C21H16N2O3S2/c1-23(11-13-6-7-15-16(10-13)26-12-25-15)21(24)19-9-8-18(27-19)20-22-14-4-2-3-5-17(14)28-20/h2-10H,11-12H2,1H3. The van der Waals surface area contributed by atoms with E-state index < -0.39 is 0 Å². The minimum atomic E-state index is -0.00460. The predicted octanol–water partition coefficient (Wildman–Crippen LogP) is 5.03. The van der Waals surface area contributed by atoms with Gasteiger partial charge in [0.1, 0.15) is 5.01 Å². The third kappa shape index (κ3) is 3.12. The number of benzene rings is 2. The summed E-state index contributed by atoms with van der Waals surface area (Å²) in [6.07, 6.45) is 0. The molecule has 0 bridgehead atoms. The summed E-state index contributed by atoms with van der Waals surface area (Å²) < 4.78 is 11.9. The molecule has 0 fully saturated rings. The zero-order valence-electron chi connectivity index (χ0n) is 15.0. The van der Waals surface area contributed by atoms with E-state index in [2.05, 4.69) is 11.1 Å². The first-order chi connectivity index (χ1) is 13.7. The molecule has 140 valence electrons. The van der Waals surface area contributed by atoms with Crippen molar-refractivity contribution >= 4 is 38.8 Å². The Balaban J connectivity index is 1.34. The van der Waals surface area contributed by atoms with Crippen molar-refractivity contribution in [2.24, 2.45) is 0 Å². The van der Waals surface area contributed by atoms with Crippen LogP contribution in [0.15, 0.2) is 54.6 Å². The van der Waals surface area contributed by atoms with Crippen molar-refractivity contribution in [3.63, 3.8) is 0 Å². The number of rotatable bonds is 4. The molecule has 5 nitrogen and oxygen atoms in total. The monoisotopic (exact) mass is 408 g/mol. The molecule has 3 heterocycles. The lowest BCUT2D eigenvalue weighted by Crippen LogP contribution is -2.25. The molecule has 0 radical (unpaired) electrons. The molecular formula is C21H16N2O3S2. The number of aromatic nitrogens is 1. The third-order valence-electron chi connectivity index (χ3n) is 4.52. The highest BCUT2D eigenvalue weighted by Gasteiger charge is 2.18. The highest BCUT2D eigenvalue weighted by molar-refractivity contribution is 7.26. The van der Waals surface area contributed by atoms with E-state index in [-0.39, 0.29) is 12.7 Å². The van der Waals surface area contributed by atoms with Crippen LogP contribution in [0, 0.1) is 0 Å². The molecule has 1 aliphatic rings. The fraction of sp³-hybridized carbons (Fsp3) is 0.143. The molecule has 0 spiro atoms. The maximum absolute atomic E-state index is 12.9. The first-order valence-electron chi connectivity index (χ1n) is 8.77. The number of hydrogen-bond donors (Lipinski definition) is 0. The highest BCUT2D eigenvalue weighted by atomic mass is 32.1. The second kappa shape index (κ2) is 6.92. The fourth-order valence-electron chi connectivity index (χ4n) is 3.12. The number of carbonyl (C=O) groups excluding carboxylic acids is 1. The normalized spacial score (nSPS) is 12.5. The Kier molecular flexibility index (Phi) is 4.26. The van der Waals surface area contributed by atoms with Crippen LogP contribution in [0.25, 0.3) is 20.1 Å². The molecule has 0 atom stereocenters. The number of nitrogens with zero attached hydrogens (tertiary/aromatic N) is 2. The summed E-state index contributed by atoms with van der Waals surface area (Å²) in [6.45, 7) is 0.751. The second-order valence-corrected chi connectivity index (χ2v) is 8.61. The van der Waals surface area contributed by atoms with Gasteiger partial charge in [0.05, 0.1) is 20.0 Å². The fourth-order valence-corrected chi connectivity index (χ4v) is 5.14. The van der Waals surface area contributed by atoms with Crippen LogP contribution >= 0.6 is 22.7 Å². The van der Waals surface area contributed by atoms with Crippen molar-refractivity contribution in [3.8, 4) is 21.4 Å². The van der Waals surface area contributed by atoms with Crippen molar-refractivity contribution in [2.75, 3.05) is 13.8 Å². The average Bonchev–Trinajstić information content (AvgIpc) is 3.44. The van der Waals surface area contributed by atoms with Crippen LogP contribution in [0.1, 0.15) is 15.2 Å². The molecule has 1 amide bonds. The molecule has 4 aromatic rings. The van der Waals surface area contributed by atoms with Crippen LogP contribution in [0.5, 0.6) is 11.5 Å². The molecule has 28 heavy (non-hydrogen) atoms. The molecule has 0 aliphatic carbocycles. The van der Waals surface area contributed by atoms with E-state index in [9.17, 15) is 4.79 Å². The summed E-state index contributed by atoms with van der Waals surface area (Å²) in [5.74, 6) is 1.47. The van der Waals surface area contributed by atoms with E-state index in [1.165, 1.54) is 11.3 Å². The van der Waals surface area contributed by atoms with Gasteiger partial charge in [0.25, 0.3) is 5.91 Å². The molecule has 7 heteroatoms. The number of ether oxygens (including phenoxy) is 2. The van der Waals surface area contributed by atoms with Crippen LogP contribution in [0.3, 0.4) is 0 Å². The molecule has 2 aromatic heterocycles. The molecule has 0 unspecified atom stereocenters. The van der Waals surface area contributed by atoms with Crippen molar-refractivity contribution < 1.29 is 14.3 Å². The zero-order chi connectivity index (χ0) is 19.1. The van der Waals surface area contributed by atoms with E-state index in [4.69, 9.17) is 9.47 Å². The van der Waals surface area contributed by atoms with E-state index in [1.54, 1.807) is 16.2 Å². The van der Waals surface area contributed by atoms with E-state index in [1.807, 2.05) is 55.6 Å². The number of amides is 1. The van der Waals surface area contributed by atoms with Gasteiger partial charge >= 0.3 is 0 Å². The van der Waals surface area contributed by atoms with Crippen molar-refractivity contribution in [1.82, 2.24) is 9.88 Å². The molecule has 1 aliphatic heterocycles. The maximum Gasteiger partial charge on any atom is 0.263 e. The molecule has 2 aromatic carbocycles. The number of carbonyl (C=O) groups is 1. The van der Waals surface area contributed by atoms with Crippen LogP contribution in [0.4, 0.5) is 0 Å². The number of thiazole rings is 1. The van der Waals surface area contributed by atoms with E-state index in [0.29, 0.717) is 11.4 Å². The largest absolute Gasteiger partial charge is 0.454 e. The topological polar surface area (TPSA) is 51.7 Å². The SMILES string of the molecule is CN(Cc1ccc2c(c1)OCO2)C(=O)c1ccc(-c2nc3ccccc3s2)s1. The average molecular weight is 409 g/mol. The quantitative estimate of drug-likeness (QED) is 0.475. The van der Waals surface area contributed by atoms with E-state index >= 15 is 0 Å². The summed E-state index contributed by atoms with van der Waals surface area (Å²) in [6, 6.07) is 17.7. The summed E-state index contributed by atoms with van der Waals surface area (Å²) in [5, 5.41) is 0.948. The lowest BCUT2D eigenvalue weighted by atomic mass is 10.2. The second-order valence-electron chi connectivity index (χ2n) is 6.50. The lowest BCUT2D eigenvalue weighted by Gasteiger charge is -2.16. The molecule has 0 saturated carbocycles. The number of fused-ring (bicyclic) bond motifs is 2. The molecule has 0 N–H and O–H groups in total. The summed E-state index contributed by atoms with van der Waals surface area (Å²) in [4.78, 5) is 21.0. The zero-order valence-corrected chi connectivity index (χ0v) is 16.7. The molecular weight excluding hydrogens is 392 g/mol. The molecule has 0 saturated heterocycles. The third-order valence-corrected chi connectivity index (χ3v) is 6.80. The highest BCUT2D eigenvalue weighted by Crippen LogP contribution is 2.35. The smallest absolute Gasteiger partial charge is 0.263 e. The number of hydrogen-bond acceptors (Lipinski definition) is 6. The van der Waals surface area contributed by atoms with Crippen molar-refractivity contribution in [1.29, 1.82) is 0 Å². The Morgan fingerprint density at radius 2 is 1.93 bits per heavy atom. The Morgan fingerprint density at radius 1 is 1.07 bits per heavy atom. The van der Waals surface area contributed by atoms with Gasteiger partial charge in [0.2, 0.25) is 6.79 Å². The van der Waals surface area contributed by atoms with Gasteiger partial charge in [0, 0.05) is 13.6 Å². The van der Waals surface area contributed by atoms with Crippen LogP contribution in [0.2, 0.25) is 0 Å². The predicted molar refractivity (Wildman–Crippen MR) is 111 cm³/mol. The van der Waals surface area contributed by atoms with Gasteiger partial charge < -0.3 is 14.4 Å². The van der Waals surface area contributed by atoms with E-state index in [0.717, 1.165) is 37.2 Å². The van der Waals surface area contributed by atoms with Gasteiger partial charge in [0.15, 0.2) is 11.5 Å². The van der Waals surface area contributed by atoms with Gasteiger partial charge in [-0.3, -0.25) is 4.79 Å². The van der Waals surface area contributed by atoms with Gasteiger partial charge in [-0.15, -0.1) is 22.7 Å². The van der Waals surface area contributed by atoms with Gasteiger partial charge in [-0.2, -0.15) is 0 Å². The summed E-state index contributed by atoms with van der Waals surface area (Å²) in [5.41, 5.74) is 1.99. The Labute approximate surface area is 169 Å². The maximum atomic E-state index is 12.9. The van der Waals surface area contributed by atoms with Gasteiger partial charge in [-0.05, 0) is 42.0 Å². The van der Waals surface area contributed by atoms with Crippen LogP contribution in [-0.2, 0) is 6.54 Å². The minimum Gasteiger partial charge on any atom is -0.454 e. The molecule has 5 rings (SSSR count). The first kappa shape index (κ1) is 17.2. The number of para-hydroxylation sites is 1. The Morgan fingerprint density at radius 3 is 2.82 bits per heavy atom. The van der Waals surface area contributed by atoms with Gasteiger partial charge in [-0.1, -0.05) is 18.2 Å². The summed E-state index contributed by atoms with van der Waals surface area (Å²) in [7, 11) is 1.81. The van der Waals surface area contributed by atoms with Crippen LogP contribution < -0.4 is 9.47 Å². The first-order valence-corrected chi connectivity index (χ1v) is 10.4. The minimum absolute atomic E-state index is 0.00460. The van der Waals surface area contributed by atoms with Crippen molar-refractivity contribution in [2.45, 2.75) is 6.54 Å². The Hall–Kier alpha value is -2.90. The lowest BCUT2D eigenvalue weighted by molar-refractivity contribution is 0.0789.